The van der Waals surface area contributed by atoms with Gasteiger partial charge in [-0.1, -0.05) is 36.4 Å². The summed E-state index contributed by atoms with van der Waals surface area (Å²) in [5.41, 5.74) is 5.54. The third-order valence-corrected chi connectivity index (χ3v) is 5.86. The maximum Gasteiger partial charge on any atom is 0.238 e. The van der Waals surface area contributed by atoms with Crippen molar-refractivity contribution in [3.05, 3.63) is 70.0 Å². The summed E-state index contributed by atoms with van der Waals surface area (Å²) in [7, 11) is 2.03. The van der Waals surface area contributed by atoms with Crippen molar-refractivity contribution in [3.63, 3.8) is 0 Å². The number of hydrogen-bond acceptors (Lipinski definition) is 4. The van der Waals surface area contributed by atoms with Gasteiger partial charge in [-0.3, -0.25) is 9.69 Å². The zero-order chi connectivity index (χ0) is 18.8. The summed E-state index contributed by atoms with van der Waals surface area (Å²) < 4.78 is 0. The number of amides is 1. The van der Waals surface area contributed by atoms with Gasteiger partial charge in [-0.05, 0) is 50.1 Å². The molecule has 138 valence electrons. The van der Waals surface area contributed by atoms with Gasteiger partial charge in [-0.15, -0.1) is 11.3 Å². The first kappa shape index (κ1) is 17.9. The van der Waals surface area contributed by atoms with Crippen LogP contribution >= 0.6 is 11.3 Å². The molecule has 0 saturated heterocycles. The largest absolute Gasteiger partial charge is 0.325 e. The number of nitrogens with zero attached hydrogens (tertiary/aromatic N) is 2. The van der Waals surface area contributed by atoms with Crippen molar-refractivity contribution in [1.82, 2.24) is 9.88 Å². The lowest BCUT2D eigenvalue weighted by atomic mass is 10.1. The summed E-state index contributed by atoms with van der Waals surface area (Å²) in [6.45, 7) is 2.37. The summed E-state index contributed by atoms with van der Waals surface area (Å²) in [5.74, 6) is 0.00786. The number of thiazole rings is 1. The van der Waals surface area contributed by atoms with Crippen LogP contribution in [0.2, 0.25) is 0 Å². The second kappa shape index (κ2) is 7.62. The number of likely N-dealkylation sites (N-methyl/N-ethyl adjacent to an activating group) is 1. The van der Waals surface area contributed by atoms with Crippen LogP contribution in [0.3, 0.4) is 0 Å². The Bertz CT molecular complexity index is 965. The van der Waals surface area contributed by atoms with Gasteiger partial charge in [0.25, 0.3) is 0 Å². The van der Waals surface area contributed by atoms with E-state index in [0.717, 1.165) is 34.8 Å². The Labute approximate surface area is 163 Å². The number of nitrogens with one attached hydrogen (secondary N) is 1. The first-order chi connectivity index (χ1) is 13.1. The smallest absolute Gasteiger partial charge is 0.238 e. The first-order valence-electron chi connectivity index (χ1n) is 9.20. The number of benzene rings is 2. The molecule has 1 aromatic heterocycles. The third kappa shape index (κ3) is 3.94. The molecule has 4 nitrogen and oxygen atoms in total. The lowest BCUT2D eigenvalue weighted by Crippen LogP contribution is -2.32. The molecule has 0 saturated carbocycles. The Kier molecular flexibility index (Phi) is 5.05. The fourth-order valence-corrected chi connectivity index (χ4v) is 4.40. The molecule has 0 fully saturated rings. The van der Waals surface area contributed by atoms with Gasteiger partial charge in [0.05, 0.1) is 17.2 Å². The highest BCUT2D eigenvalue weighted by Crippen LogP contribution is 2.34. The van der Waals surface area contributed by atoms with E-state index in [1.54, 1.807) is 11.3 Å². The molecule has 1 heterocycles. The molecular formula is C22H23N3OS. The SMILES string of the molecule is Cc1nc(-c2cccc(NC(=O)CN(C)[C@@H]3CCc4ccccc43)c2)cs1. The predicted molar refractivity (Wildman–Crippen MR) is 111 cm³/mol. The van der Waals surface area contributed by atoms with Crippen LogP contribution in [0.4, 0.5) is 5.69 Å². The molecule has 1 N–H and O–H groups in total. The third-order valence-electron chi connectivity index (χ3n) is 5.09. The maximum atomic E-state index is 12.6. The number of anilines is 1. The van der Waals surface area contributed by atoms with Gasteiger partial charge in [0.2, 0.25) is 5.91 Å². The zero-order valence-corrected chi connectivity index (χ0v) is 16.4. The molecule has 5 heteroatoms. The maximum absolute atomic E-state index is 12.6. The van der Waals surface area contributed by atoms with Crippen molar-refractivity contribution in [3.8, 4) is 11.3 Å². The van der Waals surface area contributed by atoms with E-state index in [1.807, 2.05) is 43.6 Å². The molecule has 0 spiro atoms. The molecule has 2 aromatic carbocycles. The van der Waals surface area contributed by atoms with Crippen LogP contribution in [-0.2, 0) is 11.2 Å². The van der Waals surface area contributed by atoms with Crippen LogP contribution < -0.4 is 5.32 Å². The average Bonchev–Trinajstić information content (AvgIpc) is 3.28. The number of aryl methyl sites for hydroxylation is 2. The van der Waals surface area contributed by atoms with E-state index in [9.17, 15) is 4.79 Å². The fraction of sp³-hybridized carbons (Fsp3) is 0.273. The van der Waals surface area contributed by atoms with Crippen LogP contribution in [-0.4, -0.2) is 29.4 Å². The van der Waals surface area contributed by atoms with Gasteiger partial charge in [0, 0.05) is 22.7 Å². The zero-order valence-electron chi connectivity index (χ0n) is 15.6. The first-order valence-corrected chi connectivity index (χ1v) is 10.1. The molecule has 1 aliphatic carbocycles. The van der Waals surface area contributed by atoms with E-state index in [4.69, 9.17) is 0 Å². The summed E-state index contributed by atoms with van der Waals surface area (Å²) in [6, 6.07) is 16.7. The molecule has 1 atom stereocenters. The molecule has 1 amide bonds. The number of carbonyl (C=O) groups excluding carboxylic acids is 1. The minimum atomic E-state index is 0.00786. The molecule has 1 aliphatic rings. The van der Waals surface area contributed by atoms with Gasteiger partial charge in [0.15, 0.2) is 0 Å². The number of aromatic nitrogens is 1. The van der Waals surface area contributed by atoms with Crippen LogP contribution in [0, 0.1) is 6.92 Å². The summed E-state index contributed by atoms with van der Waals surface area (Å²) in [6.07, 6.45) is 2.16. The van der Waals surface area contributed by atoms with Gasteiger partial charge >= 0.3 is 0 Å². The topological polar surface area (TPSA) is 45.2 Å². The van der Waals surface area contributed by atoms with E-state index in [0.29, 0.717) is 12.6 Å². The van der Waals surface area contributed by atoms with E-state index >= 15 is 0 Å². The standard InChI is InChI=1S/C22H23N3OS/c1-15-23-20(14-27-15)17-7-5-8-18(12-17)24-22(26)13-25(2)21-11-10-16-6-3-4-9-19(16)21/h3-9,12,14,21H,10-11,13H2,1-2H3,(H,24,26)/t21-/m1/s1. The minimum absolute atomic E-state index is 0.00786. The Morgan fingerprint density at radius 1 is 1.26 bits per heavy atom. The number of hydrogen-bond donors (Lipinski definition) is 1. The lowest BCUT2D eigenvalue weighted by Gasteiger charge is -2.24. The van der Waals surface area contributed by atoms with Crippen molar-refractivity contribution in [2.75, 3.05) is 18.9 Å². The average molecular weight is 378 g/mol. The molecule has 0 unspecified atom stereocenters. The lowest BCUT2D eigenvalue weighted by molar-refractivity contribution is -0.117. The summed E-state index contributed by atoms with van der Waals surface area (Å²) in [5, 5.41) is 6.12. The van der Waals surface area contributed by atoms with Crippen molar-refractivity contribution in [1.29, 1.82) is 0 Å². The van der Waals surface area contributed by atoms with Crippen LogP contribution in [0.25, 0.3) is 11.3 Å². The van der Waals surface area contributed by atoms with E-state index in [2.05, 4.69) is 39.5 Å². The molecule has 0 radical (unpaired) electrons. The molecule has 0 aliphatic heterocycles. The highest BCUT2D eigenvalue weighted by Gasteiger charge is 2.26. The number of carbonyl (C=O) groups is 1. The summed E-state index contributed by atoms with van der Waals surface area (Å²) >= 11 is 1.63. The number of fused-ring (bicyclic) bond motifs is 1. The normalized spacial score (nSPS) is 15.7. The minimum Gasteiger partial charge on any atom is -0.325 e. The van der Waals surface area contributed by atoms with Crippen molar-refractivity contribution in [2.45, 2.75) is 25.8 Å². The Morgan fingerprint density at radius 3 is 2.93 bits per heavy atom. The summed E-state index contributed by atoms with van der Waals surface area (Å²) in [4.78, 5) is 19.2. The van der Waals surface area contributed by atoms with Crippen LogP contribution in [0.5, 0.6) is 0 Å². The monoisotopic (exact) mass is 377 g/mol. The predicted octanol–water partition coefficient (Wildman–Crippen LogP) is 4.68. The molecule has 4 rings (SSSR count). The van der Waals surface area contributed by atoms with Gasteiger partial charge in [0.1, 0.15) is 0 Å². The van der Waals surface area contributed by atoms with Gasteiger partial charge in [-0.2, -0.15) is 0 Å². The molecule has 3 aromatic rings. The van der Waals surface area contributed by atoms with Crippen LogP contribution in [0.15, 0.2) is 53.9 Å². The molecule has 0 bridgehead atoms. The second-order valence-electron chi connectivity index (χ2n) is 7.05. The fourth-order valence-electron chi connectivity index (χ4n) is 3.78. The van der Waals surface area contributed by atoms with Crippen molar-refractivity contribution in [2.24, 2.45) is 0 Å². The van der Waals surface area contributed by atoms with Gasteiger partial charge in [-0.25, -0.2) is 4.98 Å². The second-order valence-corrected chi connectivity index (χ2v) is 8.11. The van der Waals surface area contributed by atoms with E-state index < -0.39 is 0 Å². The quantitative estimate of drug-likeness (QED) is 0.702. The molecular weight excluding hydrogens is 354 g/mol. The van der Waals surface area contributed by atoms with Crippen molar-refractivity contribution >= 4 is 22.9 Å². The van der Waals surface area contributed by atoms with E-state index in [1.165, 1.54) is 11.1 Å². The van der Waals surface area contributed by atoms with Crippen LogP contribution in [0.1, 0.15) is 28.6 Å². The molecule has 27 heavy (non-hydrogen) atoms. The highest BCUT2D eigenvalue weighted by molar-refractivity contribution is 7.09. The Balaban J connectivity index is 1.41. The Morgan fingerprint density at radius 2 is 2.11 bits per heavy atom. The van der Waals surface area contributed by atoms with Crippen molar-refractivity contribution < 1.29 is 4.79 Å². The Hall–Kier alpha value is -2.50. The highest BCUT2D eigenvalue weighted by atomic mass is 32.1. The van der Waals surface area contributed by atoms with Gasteiger partial charge < -0.3 is 5.32 Å². The number of rotatable bonds is 5. The van der Waals surface area contributed by atoms with E-state index in [-0.39, 0.29) is 5.91 Å².